The van der Waals surface area contributed by atoms with Crippen molar-refractivity contribution in [1.29, 1.82) is 0 Å². The number of hydrogen-bond acceptors (Lipinski definition) is 6. The Balaban J connectivity index is 1.64. The van der Waals surface area contributed by atoms with Crippen molar-refractivity contribution in [3.05, 3.63) is 82.9 Å². The van der Waals surface area contributed by atoms with E-state index in [2.05, 4.69) is 18.0 Å². The van der Waals surface area contributed by atoms with Gasteiger partial charge in [-0.05, 0) is 73.0 Å². The summed E-state index contributed by atoms with van der Waals surface area (Å²) in [6, 6.07) is 19.1. The predicted octanol–water partition coefficient (Wildman–Crippen LogP) is 4.70. The maximum atomic E-state index is 12.6. The van der Waals surface area contributed by atoms with E-state index in [4.69, 9.17) is 18.9 Å². The molecule has 1 atom stereocenters. The Hall–Kier alpha value is -3.51. The molecule has 6 nitrogen and oxygen atoms in total. The Morgan fingerprint density at radius 1 is 0.879 bits per heavy atom. The predicted molar refractivity (Wildman–Crippen MR) is 127 cm³/mol. The highest BCUT2D eigenvalue weighted by molar-refractivity contribution is 5.91. The minimum atomic E-state index is -0.399. The molecular formula is C27H29NO5. The molecule has 1 aliphatic heterocycles. The van der Waals surface area contributed by atoms with E-state index in [0.717, 1.165) is 36.3 Å². The third kappa shape index (κ3) is 4.81. The summed E-state index contributed by atoms with van der Waals surface area (Å²) in [6.07, 6.45) is 1.67. The van der Waals surface area contributed by atoms with Crippen LogP contribution >= 0.6 is 0 Å². The summed E-state index contributed by atoms with van der Waals surface area (Å²) < 4.78 is 22.2. The van der Waals surface area contributed by atoms with E-state index in [1.807, 2.05) is 42.5 Å². The Morgan fingerprint density at radius 3 is 2.27 bits per heavy atom. The molecule has 4 rings (SSSR count). The molecule has 0 spiro atoms. The second kappa shape index (κ2) is 9.96. The summed E-state index contributed by atoms with van der Waals surface area (Å²) in [5, 5.41) is 0. The van der Waals surface area contributed by atoms with Crippen LogP contribution in [0.15, 0.2) is 60.7 Å². The van der Waals surface area contributed by atoms with Gasteiger partial charge in [-0.15, -0.1) is 0 Å². The van der Waals surface area contributed by atoms with E-state index in [0.29, 0.717) is 22.8 Å². The number of carbonyl (C=O) groups excluding carboxylic acids is 1. The monoisotopic (exact) mass is 447 g/mol. The molecule has 33 heavy (non-hydrogen) atoms. The normalized spacial score (nSPS) is 15.5. The molecule has 172 valence electrons. The molecule has 0 N–H and O–H groups in total. The molecule has 3 aromatic rings. The highest BCUT2D eigenvalue weighted by Gasteiger charge is 2.28. The van der Waals surface area contributed by atoms with Gasteiger partial charge in [0.05, 0.1) is 26.9 Å². The van der Waals surface area contributed by atoms with Crippen LogP contribution in [-0.4, -0.2) is 45.8 Å². The van der Waals surface area contributed by atoms with Gasteiger partial charge in [0.25, 0.3) is 0 Å². The topological polar surface area (TPSA) is 57.2 Å². The quantitative estimate of drug-likeness (QED) is 0.386. The zero-order valence-corrected chi connectivity index (χ0v) is 19.5. The van der Waals surface area contributed by atoms with Crippen molar-refractivity contribution in [2.75, 3.05) is 34.9 Å². The number of rotatable bonds is 7. The largest absolute Gasteiger partial charge is 0.493 e. The zero-order chi connectivity index (χ0) is 23.4. The van der Waals surface area contributed by atoms with Crippen LogP contribution in [0, 0.1) is 0 Å². The van der Waals surface area contributed by atoms with Crippen molar-refractivity contribution < 1.29 is 23.7 Å². The molecule has 0 amide bonds. The van der Waals surface area contributed by atoms with Crippen molar-refractivity contribution >= 4 is 5.97 Å². The van der Waals surface area contributed by atoms with Crippen LogP contribution < -0.4 is 18.9 Å². The molecule has 0 saturated heterocycles. The van der Waals surface area contributed by atoms with E-state index in [-0.39, 0.29) is 6.04 Å². The van der Waals surface area contributed by atoms with Crippen molar-refractivity contribution in [3.63, 3.8) is 0 Å². The van der Waals surface area contributed by atoms with Gasteiger partial charge in [0.1, 0.15) is 0 Å². The number of carbonyl (C=O) groups is 1. The minimum absolute atomic E-state index is 0.152. The summed E-state index contributed by atoms with van der Waals surface area (Å²) in [7, 11) is 7.01. The standard InChI is InChI=1S/C27H29NO5/c1-28-13-12-20-16-26(33-27(29)19-8-6-5-7-9-19)25(32-4)17-21(20)22(28)14-18-10-11-23(30-2)24(15-18)31-3/h5-11,15-17,22H,12-14H2,1-4H3/t22-/m1/s1. The van der Waals surface area contributed by atoms with E-state index in [9.17, 15) is 4.79 Å². The van der Waals surface area contributed by atoms with Gasteiger partial charge >= 0.3 is 5.97 Å². The highest BCUT2D eigenvalue weighted by atomic mass is 16.6. The first-order valence-electron chi connectivity index (χ1n) is 10.9. The molecule has 6 heteroatoms. The van der Waals surface area contributed by atoms with Crippen LogP contribution in [0.1, 0.15) is 33.1 Å². The van der Waals surface area contributed by atoms with Crippen molar-refractivity contribution in [2.45, 2.75) is 18.9 Å². The lowest BCUT2D eigenvalue weighted by Crippen LogP contribution is -2.33. The summed E-state index contributed by atoms with van der Waals surface area (Å²) in [6.45, 7) is 0.906. The molecule has 0 bridgehead atoms. The van der Waals surface area contributed by atoms with Crippen molar-refractivity contribution in [2.24, 2.45) is 0 Å². The molecule has 0 unspecified atom stereocenters. The van der Waals surface area contributed by atoms with E-state index >= 15 is 0 Å². The summed E-state index contributed by atoms with van der Waals surface area (Å²) in [5.41, 5.74) is 3.99. The van der Waals surface area contributed by atoms with Crippen molar-refractivity contribution in [3.8, 4) is 23.0 Å². The molecule has 1 aliphatic rings. The number of benzene rings is 3. The van der Waals surface area contributed by atoms with Crippen LogP contribution in [0.4, 0.5) is 0 Å². The number of nitrogens with zero attached hydrogens (tertiary/aromatic N) is 1. The molecule has 0 aromatic heterocycles. The Bertz CT molecular complexity index is 1130. The van der Waals surface area contributed by atoms with E-state index in [1.165, 1.54) is 5.56 Å². The van der Waals surface area contributed by atoms with Gasteiger partial charge in [0.15, 0.2) is 23.0 Å². The average Bonchev–Trinajstić information content (AvgIpc) is 2.85. The molecule has 0 saturated carbocycles. The first kappa shape index (κ1) is 22.7. The second-order valence-electron chi connectivity index (χ2n) is 8.10. The van der Waals surface area contributed by atoms with Gasteiger partial charge in [0, 0.05) is 12.6 Å². The second-order valence-corrected chi connectivity index (χ2v) is 8.10. The average molecular weight is 448 g/mol. The highest BCUT2D eigenvalue weighted by Crippen LogP contribution is 2.40. The SMILES string of the molecule is COc1ccc(C[C@@H]2c3cc(OC)c(OC(=O)c4ccccc4)cc3CCN2C)cc1OC. The number of methoxy groups -OCH3 is 3. The third-order valence-electron chi connectivity index (χ3n) is 6.14. The molecule has 1 heterocycles. The Morgan fingerprint density at radius 2 is 1.58 bits per heavy atom. The van der Waals surface area contributed by atoms with Gasteiger partial charge in [-0.3, -0.25) is 4.90 Å². The van der Waals surface area contributed by atoms with Crippen LogP contribution in [0.5, 0.6) is 23.0 Å². The number of hydrogen-bond donors (Lipinski definition) is 0. The maximum absolute atomic E-state index is 12.6. The van der Waals surface area contributed by atoms with Crippen LogP contribution in [0.25, 0.3) is 0 Å². The lowest BCUT2D eigenvalue weighted by atomic mass is 9.88. The summed E-state index contributed by atoms with van der Waals surface area (Å²) in [5.74, 6) is 2.02. The van der Waals surface area contributed by atoms with Crippen LogP contribution in [0.3, 0.4) is 0 Å². The first-order valence-corrected chi connectivity index (χ1v) is 10.9. The number of likely N-dealkylation sites (N-methyl/N-ethyl adjacent to an activating group) is 1. The lowest BCUT2D eigenvalue weighted by molar-refractivity contribution is 0.0729. The fraction of sp³-hybridized carbons (Fsp3) is 0.296. The summed E-state index contributed by atoms with van der Waals surface area (Å²) >= 11 is 0. The smallest absolute Gasteiger partial charge is 0.343 e. The zero-order valence-electron chi connectivity index (χ0n) is 19.5. The molecule has 0 radical (unpaired) electrons. The fourth-order valence-corrected chi connectivity index (χ4v) is 4.30. The van der Waals surface area contributed by atoms with Crippen molar-refractivity contribution in [1.82, 2.24) is 4.90 Å². The summed E-state index contributed by atoms with van der Waals surface area (Å²) in [4.78, 5) is 15.0. The van der Waals surface area contributed by atoms with Gasteiger partial charge in [0.2, 0.25) is 0 Å². The number of fused-ring (bicyclic) bond motifs is 1. The number of ether oxygens (including phenoxy) is 4. The van der Waals surface area contributed by atoms with Gasteiger partial charge in [-0.25, -0.2) is 4.79 Å². The minimum Gasteiger partial charge on any atom is -0.493 e. The molecular weight excluding hydrogens is 418 g/mol. The van der Waals surface area contributed by atoms with E-state index < -0.39 is 5.97 Å². The Labute approximate surface area is 194 Å². The lowest BCUT2D eigenvalue weighted by Gasteiger charge is -2.35. The number of esters is 1. The fourth-order valence-electron chi connectivity index (χ4n) is 4.30. The molecule has 0 fully saturated rings. The van der Waals surface area contributed by atoms with E-state index in [1.54, 1.807) is 33.5 Å². The van der Waals surface area contributed by atoms with Gasteiger partial charge < -0.3 is 18.9 Å². The molecule has 3 aromatic carbocycles. The van der Waals surface area contributed by atoms with Gasteiger partial charge in [-0.2, -0.15) is 0 Å². The first-order chi connectivity index (χ1) is 16.0. The van der Waals surface area contributed by atoms with Crippen LogP contribution in [0.2, 0.25) is 0 Å². The Kier molecular flexibility index (Phi) is 6.84. The van der Waals surface area contributed by atoms with Crippen LogP contribution in [-0.2, 0) is 12.8 Å². The molecule has 0 aliphatic carbocycles. The third-order valence-corrected chi connectivity index (χ3v) is 6.14. The maximum Gasteiger partial charge on any atom is 0.343 e. The van der Waals surface area contributed by atoms with Gasteiger partial charge in [-0.1, -0.05) is 24.3 Å².